The van der Waals surface area contributed by atoms with E-state index in [2.05, 4.69) is 4.74 Å². The van der Waals surface area contributed by atoms with Gasteiger partial charge in [-0.15, -0.1) is 0 Å². The molecule has 0 aliphatic heterocycles. The van der Waals surface area contributed by atoms with Gasteiger partial charge in [-0.25, -0.2) is 4.79 Å². The standard InChI is InChI=1S/C17H13ClO4/c1-10-9-21-16-12(10)4-3-5-15(16)22-11-6-7-13(14(18)8-11)17(19)20-2/h3-9H,1-2H3. The molecule has 3 aromatic rings. The normalized spacial score (nSPS) is 10.7. The molecule has 0 fully saturated rings. The number of halogens is 1. The zero-order valence-electron chi connectivity index (χ0n) is 12.1. The lowest BCUT2D eigenvalue weighted by atomic mass is 10.2. The number of carbonyl (C=O) groups is 1. The lowest BCUT2D eigenvalue weighted by Gasteiger charge is -2.08. The summed E-state index contributed by atoms with van der Waals surface area (Å²) in [4.78, 5) is 11.5. The number of para-hydroxylation sites is 1. The van der Waals surface area contributed by atoms with E-state index in [1.807, 2.05) is 25.1 Å². The highest BCUT2D eigenvalue weighted by Gasteiger charge is 2.13. The molecule has 0 radical (unpaired) electrons. The summed E-state index contributed by atoms with van der Waals surface area (Å²) in [6.07, 6.45) is 1.69. The van der Waals surface area contributed by atoms with E-state index in [-0.39, 0.29) is 5.02 Å². The molecule has 5 heteroatoms. The average molecular weight is 317 g/mol. The van der Waals surface area contributed by atoms with Crippen molar-refractivity contribution < 1.29 is 18.7 Å². The SMILES string of the molecule is COC(=O)c1ccc(Oc2cccc3c(C)coc23)cc1Cl. The second-order valence-corrected chi connectivity index (χ2v) is 5.19. The summed E-state index contributed by atoms with van der Waals surface area (Å²) in [5, 5.41) is 1.27. The maximum atomic E-state index is 11.5. The lowest BCUT2D eigenvalue weighted by molar-refractivity contribution is 0.0601. The number of carbonyl (C=O) groups excluding carboxylic acids is 1. The van der Waals surface area contributed by atoms with E-state index >= 15 is 0 Å². The quantitative estimate of drug-likeness (QED) is 0.640. The minimum absolute atomic E-state index is 0.271. The summed E-state index contributed by atoms with van der Waals surface area (Å²) >= 11 is 6.09. The number of ether oxygens (including phenoxy) is 2. The van der Waals surface area contributed by atoms with Gasteiger partial charge in [0, 0.05) is 11.5 Å². The highest BCUT2D eigenvalue weighted by atomic mass is 35.5. The van der Waals surface area contributed by atoms with Gasteiger partial charge in [-0.2, -0.15) is 0 Å². The molecule has 0 aliphatic carbocycles. The first-order valence-corrected chi connectivity index (χ1v) is 7.00. The molecule has 0 spiro atoms. The van der Waals surface area contributed by atoms with Crippen molar-refractivity contribution in [3.05, 3.63) is 58.8 Å². The van der Waals surface area contributed by atoms with Gasteiger partial charge in [0.25, 0.3) is 0 Å². The third kappa shape index (κ3) is 2.53. The maximum Gasteiger partial charge on any atom is 0.339 e. The summed E-state index contributed by atoms with van der Waals surface area (Å²) in [6, 6.07) is 10.5. The number of hydrogen-bond acceptors (Lipinski definition) is 4. The number of methoxy groups -OCH3 is 1. The molecular formula is C17H13ClO4. The third-order valence-corrected chi connectivity index (χ3v) is 3.64. The Morgan fingerprint density at radius 1 is 1.23 bits per heavy atom. The zero-order chi connectivity index (χ0) is 15.7. The Morgan fingerprint density at radius 2 is 2.05 bits per heavy atom. The molecule has 1 heterocycles. The van der Waals surface area contributed by atoms with Crippen LogP contribution in [0.5, 0.6) is 11.5 Å². The molecule has 22 heavy (non-hydrogen) atoms. The van der Waals surface area contributed by atoms with Crippen LogP contribution in [0, 0.1) is 6.92 Å². The molecule has 0 aliphatic rings. The van der Waals surface area contributed by atoms with E-state index in [9.17, 15) is 4.79 Å². The maximum absolute atomic E-state index is 11.5. The molecule has 0 unspecified atom stereocenters. The molecule has 4 nitrogen and oxygen atoms in total. The van der Waals surface area contributed by atoms with E-state index in [1.54, 1.807) is 24.5 Å². The fraction of sp³-hybridized carbons (Fsp3) is 0.118. The van der Waals surface area contributed by atoms with Crippen molar-refractivity contribution in [3.63, 3.8) is 0 Å². The molecule has 0 saturated carbocycles. The molecule has 0 saturated heterocycles. The predicted molar refractivity (Wildman–Crippen MR) is 83.8 cm³/mol. The molecule has 0 N–H and O–H groups in total. The molecule has 112 valence electrons. The van der Waals surface area contributed by atoms with Crippen LogP contribution in [-0.2, 0) is 4.74 Å². The van der Waals surface area contributed by atoms with Crippen LogP contribution in [0.2, 0.25) is 5.02 Å². The molecule has 1 aromatic heterocycles. The fourth-order valence-electron chi connectivity index (χ4n) is 2.20. The highest BCUT2D eigenvalue weighted by molar-refractivity contribution is 6.33. The van der Waals surface area contributed by atoms with Crippen LogP contribution < -0.4 is 4.74 Å². The first kappa shape index (κ1) is 14.5. The monoisotopic (exact) mass is 316 g/mol. The van der Waals surface area contributed by atoms with Crippen molar-refractivity contribution in [1.29, 1.82) is 0 Å². The van der Waals surface area contributed by atoms with Crippen LogP contribution in [0.4, 0.5) is 0 Å². The largest absolute Gasteiger partial charge is 0.465 e. The Balaban J connectivity index is 1.95. The number of esters is 1. The zero-order valence-corrected chi connectivity index (χ0v) is 12.8. The summed E-state index contributed by atoms with van der Waals surface area (Å²) in [5.74, 6) is 0.618. The van der Waals surface area contributed by atoms with Crippen LogP contribution in [-0.4, -0.2) is 13.1 Å². The van der Waals surface area contributed by atoms with Crippen LogP contribution in [0.25, 0.3) is 11.0 Å². The smallest absolute Gasteiger partial charge is 0.339 e. The Hall–Kier alpha value is -2.46. The Bertz CT molecular complexity index is 851. The number of aryl methyl sites for hydroxylation is 1. The number of fused-ring (bicyclic) bond motifs is 1. The van der Waals surface area contributed by atoms with E-state index in [0.29, 0.717) is 22.6 Å². The molecule has 0 atom stereocenters. The van der Waals surface area contributed by atoms with E-state index in [4.69, 9.17) is 20.8 Å². The molecular weight excluding hydrogens is 304 g/mol. The van der Waals surface area contributed by atoms with Crippen molar-refractivity contribution >= 4 is 28.5 Å². The number of hydrogen-bond donors (Lipinski definition) is 0. The van der Waals surface area contributed by atoms with Crippen LogP contribution in [0.1, 0.15) is 15.9 Å². The highest BCUT2D eigenvalue weighted by Crippen LogP contribution is 2.34. The fourth-order valence-corrected chi connectivity index (χ4v) is 2.45. The summed E-state index contributed by atoms with van der Waals surface area (Å²) in [7, 11) is 1.31. The molecule has 0 amide bonds. The molecule has 0 bridgehead atoms. The topological polar surface area (TPSA) is 48.7 Å². The second-order valence-electron chi connectivity index (χ2n) is 4.79. The number of benzene rings is 2. The lowest BCUT2D eigenvalue weighted by Crippen LogP contribution is -2.01. The Kier molecular flexibility index (Phi) is 3.77. The van der Waals surface area contributed by atoms with Crippen LogP contribution in [0.3, 0.4) is 0 Å². The van der Waals surface area contributed by atoms with Gasteiger partial charge < -0.3 is 13.9 Å². The average Bonchev–Trinajstić information content (AvgIpc) is 2.89. The predicted octanol–water partition coefficient (Wildman–Crippen LogP) is 4.97. The van der Waals surface area contributed by atoms with Gasteiger partial charge in [0.05, 0.1) is 24.0 Å². The summed E-state index contributed by atoms with van der Waals surface area (Å²) in [5.41, 5.74) is 2.01. The Labute approximate surface area is 132 Å². The summed E-state index contributed by atoms with van der Waals surface area (Å²) in [6.45, 7) is 1.97. The van der Waals surface area contributed by atoms with Gasteiger partial charge in [0.15, 0.2) is 11.3 Å². The van der Waals surface area contributed by atoms with Crippen molar-refractivity contribution in [3.8, 4) is 11.5 Å². The van der Waals surface area contributed by atoms with Gasteiger partial charge in [0.2, 0.25) is 0 Å². The van der Waals surface area contributed by atoms with Crippen LogP contribution in [0.15, 0.2) is 47.1 Å². The molecule has 2 aromatic carbocycles. The van der Waals surface area contributed by atoms with Crippen molar-refractivity contribution in [2.75, 3.05) is 7.11 Å². The first-order valence-electron chi connectivity index (χ1n) is 6.62. The van der Waals surface area contributed by atoms with Gasteiger partial charge in [0.1, 0.15) is 5.75 Å². The van der Waals surface area contributed by atoms with Crippen LogP contribution >= 0.6 is 11.6 Å². The van der Waals surface area contributed by atoms with Gasteiger partial charge in [-0.1, -0.05) is 23.7 Å². The first-order chi connectivity index (χ1) is 10.6. The van der Waals surface area contributed by atoms with E-state index < -0.39 is 5.97 Å². The minimum Gasteiger partial charge on any atom is -0.465 e. The van der Waals surface area contributed by atoms with E-state index in [1.165, 1.54) is 7.11 Å². The Morgan fingerprint density at radius 3 is 2.77 bits per heavy atom. The van der Waals surface area contributed by atoms with Crippen molar-refractivity contribution in [1.82, 2.24) is 0 Å². The number of furan rings is 1. The number of rotatable bonds is 3. The van der Waals surface area contributed by atoms with Gasteiger partial charge >= 0.3 is 5.97 Å². The second kappa shape index (κ2) is 5.73. The van der Waals surface area contributed by atoms with Crippen molar-refractivity contribution in [2.24, 2.45) is 0 Å². The molecule has 3 rings (SSSR count). The van der Waals surface area contributed by atoms with Gasteiger partial charge in [-0.05, 0) is 30.7 Å². The van der Waals surface area contributed by atoms with Gasteiger partial charge in [-0.3, -0.25) is 0 Å². The van der Waals surface area contributed by atoms with Crippen molar-refractivity contribution in [2.45, 2.75) is 6.92 Å². The summed E-state index contributed by atoms with van der Waals surface area (Å²) < 4.78 is 16.0. The van der Waals surface area contributed by atoms with E-state index in [0.717, 1.165) is 10.9 Å². The minimum atomic E-state index is -0.486. The third-order valence-electron chi connectivity index (χ3n) is 3.33.